The van der Waals surface area contributed by atoms with Gasteiger partial charge in [0.15, 0.2) is 0 Å². The molecule has 0 aromatic carbocycles. The van der Waals surface area contributed by atoms with E-state index in [2.05, 4.69) is 19.1 Å². The van der Waals surface area contributed by atoms with Gasteiger partial charge in [-0.25, -0.2) is 0 Å². The second-order valence-corrected chi connectivity index (χ2v) is 8.37. The Morgan fingerprint density at radius 1 is 0.947 bits per heavy atom. The largest absolute Gasteiger partial charge is 0.397 e. The second-order valence-electron chi connectivity index (χ2n) is 6.03. The third-order valence-corrected chi connectivity index (χ3v) is 7.15. The van der Waals surface area contributed by atoms with Crippen molar-refractivity contribution in [3.05, 3.63) is 12.2 Å². The van der Waals surface area contributed by atoms with Crippen molar-refractivity contribution in [1.82, 2.24) is 0 Å². The van der Waals surface area contributed by atoms with Crippen molar-refractivity contribution in [2.75, 3.05) is 13.2 Å². The quantitative estimate of drug-likeness (QED) is 0.393. The lowest BCUT2D eigenvalue weighted by atomic mass is 10.00. The van der Waals surface area contributed by atoms with Crippen molar-refractivity contribution in [2.45, 2.75) is 70.3 Å². The van der Waals surface area contributed by atoms with Crippen molar-refractivity contribution in [3.63, 3.8) is 0 Å². The maximum Gasteiger partial charge on any atom is 0.324 e. The van der Waals surface area contributed by atoms with E-state index in [-0.39, 0.29) is 0 Å². The molecule has 19 heavy (non-hydrogen) atoms. The smallest absolute Gasteiger partial charge is 0.324 e. The first-order valence-corrected chi connectivity index (χ1v) is 9.91. The summed E-state index contributed by atoms with van der Waals surface area (Å²) >= 11 is 0. The van der Waals surface area contributed by atoms with Crippen molar-refractivity contribution in [2.24, 2.45) is 5.92 Å². The van der Waals surface area contributed by atoms with Crippen molar-refractivity contribution < 1.29 is 8.85 Å². The van der Waals surface area contributed by atoms with Gasteiger partial charge in [-0.2, -0.15) is 0 Å². The molecule has 0 bridgehead atoms. The molecular formula is C16H30O2Si. The van der Waals surface area contributed by atoms with Gasteiger partial charge in [-0.3, -0.25) is 0 Å². The minimum Gasteiger partial charge on any atom is -0.397 e. The normalized spacial score (nSPS) is 24.3. The van der Waals surface area contributed by atoms with Crippen LogP contribution in [0, 0.1) is 5.92 Å². The summed E-state index contributed by atoms with van der Waals surface area (Å²) in [7, 11) is -1.38. The van der Waals surface area contributed by atoms with Gasteiger partial charge < -0.3 is 8.85 Å². The molecule has 0 N–H and O–H groups in total. The molecule has 1 atom stereocenters. The van der Waals surface area contributed by atoms with Gasteiger partial charge in [0, 0.05) is 6.61 Å². The maximum atomic E-state index is 6.04. The van der Waals surface area contributed by atoms with E-state index >= 15 is 0 Å². The van der Waals surface area contributed by atoms with E-state index in [4.69, 9.17) is 8.85 Å². The molecule has 2 nitrogen and oxygen atoms in total. The Labute approximate surface area is 120 Å². The zero-order valence-corrected chi connectivity index (χ0v) is 13.6. The fourth-order valence-electron chi connectivity index (χ4n) is 3.10. The highest BCUT2D eigenvalue weighted by molar-refractivity contribution is 6.46. The van der Waals surface area contributed by atoms with Gasteiger partial charge in [0.05, 0.1) is 6.61 Å². The topological polar surface area (TPSA) is 18.5 Å². The van der Waals surface area contributed by atoms with E-state index < -0.39 is 9.28 Å². The number of allylic oxidation sites excluding steroid dienone is 1. The molecule has 2 fully saturated rings. The first-order valence-electron chi connectivity index (χ1n) is 8.30. The van der Waals surface area contributed by atoms with E-state index in [1.807, 2.05) is 0 Å². The van der Waals surface area contributed by atoms with Crippen LogP contribution in [0.4, 0.5) is 0 Å². The zero-order valence-electron chi connectivity index (χ0n) is 12.5. The molecule has 2 aliphatic rings. The number of hydrogen-bond donors (Lipinski definition) is 0. The summed E-state index contributed by atoms with van der Waals surface area (Å²) < 4.78 is 11.9. The van der Waals surface area contributed by atoms with Crippen LogP contribution in [0.15, 0.2) is 12.2 Å². The molecule has 2 rings (SSSR count). The third kappa shape index (κ3) is 5.40. The monoisotopic (exact) mass is 282 g/mol. The molecular weight excluding hydrogens is 252 g/mol. The van der Waals surface area contributed by atoms with Crippen LogP contribution in [0.2, 0.25) is 5.54 Å². The standard InChI is InChI=1S/C16H30O2Si/c1-2-17-19(16-12-7-13-16)18-14-8-11-15-9-5-3-4-6-10-15/h8,11,15-16,19H,2-7,9-10,12-14H2,1H3. The van der Waals surface area contributed by atoms with Crippen molar-refractivity contribution >= 4 is 9.28 Å². The van der Waals surface area contributed by atoms with Crippen LogP contribution in [-0.4, -0.2) is 22.5 Å². The predicted molar refractivity (Wildman–Crippen MR) is 82.7 cm³/mol. The average Bonchev–Trinajstić information content (AvgIpc) is 2.61. The lowest BCUT2D eigenvalue weighted by molar-refractivity contribution is 0.197. The summed E-state index contributed by atoms with van der Waals surface area (Å²) in [5.74, 6) is 0.807. The van der Waals surface area contributed by atoms with Crippen LogP contribution in [0.25, 0.3) is 0 Å². The first kappa shape index (κ1) is 15.3. The van der Waals surface area contributed by atoms with Gasteiger partial charge in [-0.1, -0.05) is 44.3 Å². The zero-order chi connectivity index (χ0) is 13.3. The highest BCUT2D eigenvalue weighted by Crippen LogP contribution is 2.35. The van der Waals surface area contributed by atoms with Crippen LogP contribution in [0.5, 0.6) is 0 Å². The molecule has 0 aromatic rings. The van der Waals surface area contributed by atoms with Crippen LogP contribution < -0.4 is 0 Å². The lowest BCUT2D eigenvalue weighted by Crippen LogP contribution is -2.33. The summed E-state index contributed by atoms with van der Waals surface area (Å²) in [4.78, 5) is 0. The molecule has 0 radical (unpaired) electrons. The third-order valence-electron chi connectivity index (χ3n) is 4.53. The Kier molecular flexibility index (Phi) is 7.18. The van der Waals surface area contributed by atoms with Crippen LogP contribution in [0.1, 0.15) is 64.7 Å². The maximum absolute atomic E-state index is 6.04. The molecule has 0 aliphatic heterocycles. The summed E-state index contributed by atoms with van der Waals surface area (Å²) in [6.45, 7) is 3.69. The van der Waals surface area contributed by atoms with Crippen LogP contribution >= 0.6 is 0 Å². The van der Waals surface area contributed by atoms with E-state index in [0.717, 1.165) is 24.7 Å². The van der Waals surface area contributed by atoms with E-state index in [9.17, 15) is 0 Å². The van der Waals surface area contributed by atoms with Gasteiger partial charge in [0.1, 0.15) is 0 Å². The average molecular weight is 282 g/mol. The molecule has 0 saturated heterocycles. The fraction of sp³-hybridized carbons (Fsp3) is 0.875. The SMILES string of the molecule is CCO[SiH](OCC=CC1CCCCCC1)C1CCC1. The van der Waals surface area contributed by atoms with Crippen LogP contribution in [-0.2, 0) is 8.85 Å². The molecule has 0 spiro atoms. The summed E-state index contributed by atoms with van der Waals surface area (Å²) in [6.07, 6.45) is 17.2. The summed E-state index contributed by atoms with van der Waals surface area (Å²) in [5.41, 5.74) is 0.784. The Bertz CT molecular complexity index is 255. The number of hydrogen-bond acceptors (Lipinski definition) is 2. The molecule has 110 valence electrons. The molecule has 2 saturated carbocycles. The van der Waals surface area contributed by atoms with Gasteiger partial charge >= 0.3 is 9.28 Å². The molecule has 0 aromatic heterocycles. The fourth-order valence-corrected chi connectivity index (χ4v) is 5.38. The van der Waals surface area contributed by atoms with E-state index in [1.54, 1.807) is 0 Å². The minimum absolute atomic E-state index is 0.782. The van der Waals surface area contributed by atoms with Crippen molar-refractivity contribution in [3.8, 4) is 0 Å². The van der Waals surface area contributed by atoms with Crippen molar-refractivity contribution in [1.29, 1.82) is 0 Å². The van der Waals surface area contributed by atoms with Gasteiger partial charge in [-0.05, 0) is 44.1 Å². The molecule has 3 heteroatoms. The Morgan fingerprint density at radius 3 is 2.26 bits per heavy atom. The Morgan fingerprint density at radius 2 is 1.68 bits per heavy atom. The molecule has 2 aliphatic carbocycles. The summed E-state index contributed by atoms with van der Waals surface area (Å²) in [5, 5.41) is 0. The second kappa shape index (κ2) is 8.93. The lowest BCUT2D eigenvalue weighted by Gasteiger charge is -2.31. The minimum atomic E-state index is -1.38. The van der Waals surface area contributed by atoms with E-state index in [1.165, 1.54) is 57.8 Å². The van der Waals surface area contributed by atoms with Gasteiger partial charge in [0.2, 0.25) is 0 Å². The Balaban J connectivity index is 1.65. The molecule has 0 amide bonds. The summed E-state index contributed by atoms with van der Waals surface area (Å²) in [6, 6.07) is 0. The number of rotatable bonds is 7. The highest BCUT2D eigenvalue weighted by Gasteiger charge is 2.30. The molecule has 1 unspecified atom stereocenters. The van der Waals surface area contributed by atoms with Crippen LogP contribution in [0.3, 0.4) is 0 Å². The highest BCUT2D eigenvalue weighted by atomic mass is 28.3. The van der Waals surface area contributed by atoms with Gasteiger partial charge in [-0.15, -0.1) is 0 Å². The van der Waals surface area contributed by atoms with E-state index in [0.29, 0.717) is 0 Å². The van der Waals surface area contributed by atoms with Gasteiger partial charge in [0.25, 0.3) is 0 Å². The molecule has 0 heterocycles. The Hall–Kier alpha value is -0.123. The first-order chi connectivity index (χ1) is 9.40. The predicted octanol–water partition coefficient (Wildman–Crippen LogP) is 4.34.